The molecule has 1 aliphatic carbocycles. The van der Waals surface area contributed by atoms with Crippen LogP contribution in [0.25, 0.3) is 0 Å². The maximum atomic E-state index is 6.34. The SMILES string of the molecule is COc1ccc(C2(N)CCC2)c(C)c1C. The molecule has 1 fully saturated rings. The van der Waals surface area contributed by atoms with Crippen molar-refractivity contribution >= 4 is 0 Å². The number of methoxy groups -OCH3 is 1. The Bertz CT molecular complexity index is 380. The van der Waals surface area contributed by atoms with Gasteiger partial charge in [-0.2, -0.15) is 0 Å². The van der Waals surface area contributed by atoms with Crippen molar-refractivity contribution in [3.8, 4) is 5.75 Å². The summed E-state index contributed by atoms with van der Waals surface area (Å²) in [6, 6.07) is 4.16. The molecule has 0 aliphatic heterocycles. The van der Waals surface area contributed by atoms with Crippen molar-refractivity contribution in [2.45, 2.75) is 38.6 Å². The predicted octanol–water partition coefficient (Wildman–Crippen LogP) is 2.65. The molecule has 1 aromatic carbocycles. The molecule has 0 spiro atoms. The highest BCUT2D eigenvalue weighted by molar-refractivity contribution is 5.46. The lowest BCUT2D eigenvalue weighted by Gasteiger charge is -2.40. The lowest BCUT2D eigenvalue weighted by molar-refractivity contribution is 0.252. The lowest BCUT2D eigenvalue weighted by atomic mass is 9.71. The molecule has 1 aliphatic rings. The van der Waals surface area contributed by atoms with Crippen molar-refractivity contribution in [1.29, 1.82) is 0 Å². The van der Waals surface area contributed by atoms with Crippen LogP contribution >= 0.6 is 0 Å². The zero-order chi connectivity index (χ0) is 11.1. The van der Waals surface area contributed by atoms with Gasteiger partial charge in [0.15, 0.2) is 0 Å². The van der Waals surface area contributed by atoms with Gasteiger partial charge in [-0.25, -0.2) is 0 Å². The summed E-state index contributed by atoms with van der Waals surface area (Å²) in [7, 11) is 1.71. The molecule has 82 valence electrons. The van der Waals surface area contributed by atoms with Gasteiger partial charge in [-0.15, -0.1) is 0 Å². The van der Waals surface area contributed by atoms with Crippen molar-refractivity contribution in [3.63, 3.8) is 0 Å². The van der Waals surface area contributed by atoms with Gasteiger partial charge in [-0.05, 0) is 55.9 Å². The normalized spacial score (nSPS) is 18.4. The number of ether oxygens (including phenoxy) is 1. The minimum atomic E-state index is -0.0683. The largest absolute Gasteiger partial charge is 0.496 e. The van der Waals surface area contributed by atoms with Gasteiger partial charge in [0.2, 0.25) is 0 Å². The van der Waals surface area contributed by atoms with Crippen LogP contribution < -0.4 is 10.5 Å². The number of benzene rings is 1. The smallest absolute Gasteiger partial charge is 0.122 e. The fraction of sp³-hybridized carbons (Fsp3) is 0.538. The molecule has 0 bridgehead atoms. The van der Waals surface area contributed by atoms with Crippen molar-refractivity contribution in [1.82, 2.24) is 0 Å². The second kappa shape index (κ2) is 3.53. The first-order valence-electron chi connectivity index (χ1n) is 5.52. The quantitative estimate of drug-likeness (QED) is 0.805. The molecule has 0 aromatic heterocycles. The Hall–Kier alpha value is -1.02. The minimum absolute atomic E-state index is 0.0683. The Morgan fingerprint density at radius 2 is 1.87 bits per heavy atom. The van der Waals surface area contributed by atoms with E-state index in [9.17, 15) is 0 Å². The number of rotatable bonds is 2. The van der Waals surface area contributed by atoms with Gasteiger partial charge in [0.25, 0.3) is 0 Å². The number of hydrogen-bond donors (Lipinski definition) is 1. The Kier molecular flexibility index (Phi) is 2.47. The van der Waals surface area contributed by atoms with Crippen LogP contribution in [0.4, 0.5) is 0 Å². The van der Waals surface area contributed by atoms with Crippen LogP contribution in [0.1, 0.15) is 36.0 Å². The fourth-order valence-corrected chi connectivity index (χ4v) is 2.38. The first-order chi connectivity index (χ1) is 7.08. The average molecular weight is 205 g/mol. The van der Waals surface area contributed by atoms with Crippen molar-refractivity contribution in [3.05, 3.63) is 28.8 Å². The monoisotopic (exact) mass is 205 g/mol. The molecule has 0 radical (unpaired) electrons. The highest BCUT2D eigenvalue weighted by atomic mass is 16.5. The molecule has 2 N–H and O–H groups in total. The zero-order valence-corrected chi connectivity index (χ0v) is 9.76. The summed E-state index contributed by atoms with van der Waals surface area (Å²) in [5.74, 6) is 0.958. The van der Waals surface area contributed by atoms with Crippen molar-refractivity contribution < 1.29 is 4.74 Å². The van der Waals surface area contributed by atoms with Crippen LogP contribution in [-0.4, -0.2) is 7.11 Å². The summed E-state index contributed by atoms with van der Waals surface area (Å²) in [6.07, 6.45) is 3.47. The molecule has 1 saturated carbocycles. The average Bonchev–Trinajstić information content (AvgIpc) is 2.19. The Morgan fingerprint density at radius 1 is 1.20 bits per heavy atom. The van der Waals surface area contributed by atoms with E-state index in [2.05, 4.69) is 19.9 Å². The second-order valence-corrected chi connectivity index (χ2v) is 4.58. The van der Waals surface area contributed by atoms with Crippen LogP contribution in [0, 0.1) is 13.8 Å². The summed E-state index contributed by atoms with van der Waals surface area (Å²) in [5.41, 5.74) is 10.1. The molecule has 0 amide bonds. The molecule has 0 atom stereocenters. The molecular weight excluding hydrogens is 186 g/mol. The van der Waals surface area contributed by atoms with E-state index in [4.69, 9.17) is 10.5 Å². The Morgan fingerprint density at radius 3 is 2.33 bits per heavy atom. The van der Waals surface area contributed by atoms with E-state index in [0.717, 1.165) is 18.6 Å². The molecule has 2 rings (SSSR count). The number of hydrogen-bond acceptors (Lipinski definition) is 2. The van der Waals surface area contributed by atoms with Crippen LogP contribution in [0.2, 0.25) is 0 Å². The molecule has 15 heavy (non-hydrogen) atoms. The summed E-state index contributed by atoms with van der Waals surface area (Å²) in [4.78, 5) is 0. The standard InChI is InChI=1S/C13H19NO/c1-9-10(2)12(15-3)6-5-11(9)13(14)7-4-8-13/h5-6H,4,7-8,14H2,1-3H3. The Labute approximate surface area is 91.4 Å². The highest BCUT2D eigenvalue weighted by Crippen LogP contribution is 2.41. The maximum absolute atomic E-state index is 6.34. The van der Waals surface area contributed by atoms with Crippen LogP contribution in [0.15, 0.2) is 12.1 Å². The molecule has 2 heteroatoms. The topological polar surface area (TPSA) is 35.2 Å². The van der Waals surface area contributed by atoms with Gasteiger partial charge in [0.1, 0.15) is 5.75 Å². The van der Waals surface area contributed by atoms with Gasteiger partial charge >= 0.3 is 0 Å². The Balaban J connectivity index is 2.46. The van der Waals surface area contributed by atoms with Gasteiger partial charge in [-0.1, -0.05) is 6.07 Å². The zero-order valence-electron chi connectivity index (χ0n) is 9.76. The van der Waals surface area contributed by atoms with E-state index in [1.165, 1.54) is 23.1 Å². The van der Waals surface area contributed by atoms with Crippen molar-refractivity contribution in [2.24, 2.45) is 5.73 Å². The van der Waals surface area contributed by atoms with Crippen LogP contribution in [-0.2, 0) is 5.54 Å². The van der Waals surface area contributed by atoms with Gasteiger partial charge < -0.3 is 10.5 Å². The molecular formula is C13H19NO. The molecule has 1 aromatic rings. The summed E-state index contributed by atoms with van der Waals surface area (Å²) in [5, 5.41) is 0. The predicted molar refractivity (Wildman–Crippen MR) is 62.2 cm³/mol. The third kappa shape index (κ3) is 1.53. The maximum Gasteiger partial charge on any atom is 0.122 e. The molecule has 0 heterocycles. The highest BCUT2D eigenvalue weighted by Gasteiger charge is 2.35. The minimum Gasteiger partial charge on any atom is -0.496 e. The second-order valence-electron chi connectivity index (χ2n) is 4.58. The van der Waals surface area contributed by atoms with E-state index < -0.39 is 0 Å². The summed E-state index contributed by atoms with van der Waals surface area (Å²) < 4.78 is 5.30. The summed E-state index contributed by atoms with van der Waals surface area (Å²) in [6.45, 7) is 4.24. The van der Waals surface area contributed by atoms with Crippen LogP contribution in [0.5, 0.6) is 5.75 Å². The third-order valence-electron chi connectivity index (χ3n) is 3.74. The van der Waals surface area contributed by atoms with E-state index in [1.54, 1.807) is 7.11 Å². The fourth-order valence-electron chi connectivity index (χ4n) is 2.38. The third-order valence-corrected chi connectivity index (χ3v) is 3.74. The van der Waals surface area contributed by atoms with Gasteiger partial charge in [0, 0.05) is 5.54 Å². The first kappa shape index (κ1) is 10.5. The molecule has 0 unspecified atom stereocenters. The van der Waals surface area contributed by atoms with E-state index in [-0.39, 0.29) is 5.54 Å². The van der Waals surface area contributed by atoms with Crippen LogP contribution in [0.3, 0.4) is 0 Å². The van der Waals surface area contributed by atoms with E-state index >= 15 is 0 Å². The van der Waals surface area contributed by atoms with E-state index in [0.29, 0.717) is 0 Å². The first-order valence-corrected chi connectivity index (χ1v) is 5.52. The lowest BCUT2D eigenvalue weighted by Crippen LogP contribution is -2.43. The molecule has 2 nitrogen and oxygen atoms in total. The van der Waals surface area contributed by atoms with E-state index in [1.807, 2.05) is 6.07 Å². The molecule has 0 saturated heterocycles. The van der Waals surface area contributed by atoms with Gasteiger partial charge in [-0.3, -0.25) is 0 Å². The van der Waals surface area contributed by atoms with Crippen molar-refractivity contribution in [2.75, 3.05) is 7.11 Å². The number of nitrogens with two attached hydrogens (primary N) is 1. The van der Waals surface area contributed by atoms with Gasteiger partial charge in [0.05, 0.1) is 7.11 Å². The summed E-state index contributed by atoms with van der Waals surface area (Å²) >= 11 is 0.